The summed E-state index contributed by atoms with van der Waals surface area (Å²) >= 11 is 0. The number of carbonyl (C=O) groups is 2. The summed E-state index contributed by atoms with van der Waals surface area (Å²) < 4.78 is 5.20. The maximum Gasteiger partial charge on any atom is 0.247 e. The number of rotatable bonds is 7. The monoisotopic (exact) mass is 468 g/mol. The predicted octanol–water partition coefficient (Wildman–Crippen LogP) is 3.56. The van der Waals surface area contributed by atoms with Crippen LogP contribution in [-0.2, 0) is 29.0 Å². The van der Waals surface area contributed by atoms with Crippen LogP contribution in [0.2, 0.25) is 0 Å². The van der Waals surface area contributed by atoms with Crippen molar-refractivity contribution in [3.63, 3.8) is 0 Å². The molecule has 1 aliphatic rings. The first-order valence-electron chi connectivity index (χ1n) is 11.7. The number of fused-ring (bicyclic) bond motifs is 2. The van der Waals surface area contributed by atoms with Gasteiger partial charge in [-0.05, 0) is 53.4 Å². The lowest BCUT2D eigenvalue weighted by Gasteiger charge is -2.27. The number of para-hydroxylation sites is 1. The number of hydrogen-bond donors (Lipinski definition) is 4. The Morgan fingerprint density at radius 3 is 2.54 bits per heavy atom. The molecule has 2 atom stereocenters. The van der Waals surface area contributed by atoms with Crippen molar-refractivity contribution in [2.75, 3.05) is 12.4 Å². The van der Waals surface area contributed by atoms with Gasteiger partial charge in [0.2, 0.25) is 11.8 Å². The molecule has 0 saturated carbocycles. The summed E-state index contributed by atoms with van der Waals surface area (Å²) in [6.07, 6.45) is 2.85. The SMILES string of the molecule is COc1ccc(NC(=O)[C@@H](Cc2c[nH]c3ccccc23)NC(=O)[C@@H]2Cc3ccccc3CN2)cc1. The second-order valence-electron chi connectivity index (χ2n) is 8.75. The highest BCUT2D eigenvalue weighted by Crippen LogP contribution is 2.21. The summed E-state index contributed by atoms with van der Waals surface area (Å²) in [4.78, 5) is 29.9. The smallest absolute Gasteiger partial charge is 0.247 e. The number of H-pyrrole nitrogens is 1. The van der Waals surface area contributed by atoms with Crippen LogP contribution in [0.3, 0.4) is 0 Å². The number of benzene rings is 3. The van der Waals surface area contributed by atoms with Gasteiger partial charge in [0.15, 0.2) is 0 Å². The summed E-state index contributed by atoms with van der Waals surface area (Å²) in [6, 6.07) is 22.0. The van der Waals surface area contributed by atoms with E-state index in [9.17, 15) is 9.59 Å². The van der Waals surface area contributed by atoms with Gasteiger partial charge in [-0.25, -0.2) is 0 Å². The molecule has 2 amide bonds. The Morgan fingerprint density at radius 1 is 1.00 bits per heavy atom. The second kappa shape index (κ2) is 10.0. The number of nitrogens with one attached hydrogen (secondary N) is 4. The molecule has 1 aliphatic heterocycles. The third-order valence-corrected chi connectivity index (χ3v) is 6.49. The maximum atomic E-state index is 13.4. The van der Waals surface area contributed by atoms with E-state index in [2.05, 4.69) is 33.1 Å². The van der Waals surface area contributed by atoms with Crippen LogP contribution in [0.25, 0.3) is 10.9 Å². The molecule has 0 bridgehead atoms. The molecule has 0 radical (unpaired) electrons. The van der Waals surface area contributed by atoms with Crippen molar-refractivity contribution in [2.24, 2.45) is 0 Å². The normalized spacial score (nSPS) is 15.7. The van der Waals surface area contributed by atoms with Gasteiger partial charge >= 0.3 is 0 Å². The van der Waals surface area contributed by atoms with Crippen molar-refractivity contribution in [1.29, 1.82) is 0 Å². The fraction of sp³-hybridized carbons (Fsp3) is 0.214. The molecule has 4 aromatic rings. The lowest BCUT2D eigenvalue weighted by Crippen LogP contribution is -2.53. The lowest BCUT2D eigenvalue weighted by atomic mass is 9.95. The minimum atomic E-state index is -0.747. The topological polar surface area (TPSA) is 95.2 Å². The molecule has 3 aromatic carbocycles. The van der Waals surface area contributed by atoms with E-state index in [0.717, 1.165) is 22.0 Å². The van der Waals surface area contributed by atoms with Gasteiger partial charge in [-0.15, -0.1) is 0 Å². The van der Waals surface area contributed by atoms with E-state index in [4.69, 9.17) is 4.74 Å². The van der Waals surface area contributed by atoms with Crippen LogP contribution in [0.15, 0.2) is 79.0 Å². The lowest BCUT2D eigenvalue weighted by molar-refractivity contribution is -0.128. The molecule has 4 N–H and O–H groups in total. The van der Waals surface area contributed by atoms with Gasteiger partial charge in [-0.2, -0.15) is 0 Å². The van der Waals surface area contributed by atoms with E-state index >= 15 is 0 Å². The number of carbonyl (C=O) groups excluding carboxylic acids is 2. The number of aromatic nitrogens is 1. The van der Waals surface area contributed by atoms with Crippen LogP contribution in [-0.4, -0.2) is 36.0 Å². The number of methoxy groups -OCH3 is 1. The molecule has 0 unspecified atom stereocenters. The van der Waals surface area contributed by atoms with Gasteiger partial charge in [0.25, 0.3) is 0 Å². The van der Waals surface area contributed by atoms with Gasteiger partial charge in [-0.1, -0.05) is 42.5 Å². The van der Waals surface area contributed by atoms with Crippen molar-refractivity contribution >= 4 is 28.4 Å². The molecule has 5 rings (SSSR count). The van der Waals surface area contributed by atoms with Gasteiger partial charge in [0, 0.05) is 35.8 Å². The highest BCUT2D eigenvalue weighted by Gasteiger charge is 2.29. The molecule has 2 heterocycles. The zero-order chi connectivity index (χ0) is 24.2. The number of amides is 2. The maximum absolute atomic E-state index is 13.4. The molecule has 35 heavy (non-hydrogen) atoms. The van der Waals surface area contributed by atoms with Gasteiger partial charge in [0.1, 0.15) is 11.8 Å². The molecule has 178 valence electrons. The first-order valence-corrected chi connectivity index (χ1v) is 11.7. The Labute approximate surface area is 203 Å². The standard InChI is InChI=1S/C28H28N4O3/c1-35-22-12-10-21(11-13-22)31-28(34)26(15-20-17-29-24-9-5-4-8-23(20)24)32-27(33)25-14-18-6-2-3-7-19(18)16-30-25/h2-13,17,25-26,29-30H,14-16H2,1H3,(H,31,34)(H,32,33)/t25-,26+/m0/s1. The summed E-state index contributed by atoms with van der Waals surface area (Å²) in [5.41, 5.74) is 4.96. The highest BCUT2D eigenvalue weighted by atomic mass is 16.5. The molecular formula is C28H28N4O3. The van der Waals surface area contributed by atoms with E-state index in [1.165, 1.54) is 5.56 Å². The minimum Gasteiger partial charge on any atom is -0.497 e. The van der Waals surface area contributed by atoms with Crippen LogP contribution in [0, 0.1) is 0 Å². The third-order valence-electron chi connectivity index (χ3n) is 6.49. The summed E-state index contributed by atoms with van der Waals surface area (Å²) in [5, 5.41) is 10.3. The zero-order valence-electron chi connectivity index (χ0n) is 19.5. The van der Waals surface area contributed by atoms with E-state index < -0.39 is 12.1 Å². The fourth-order valence-electron chi connectivity index (χ4n) is 4.55. The summed E-state index contributed by atoms with van der Waals surface area (Å²) in [6.45, 7) is 0.624. The summed E-state index contributed by atoms with van der Waals surface area (Å²) in [7, 11) is 1.60. The van der Waals surface area contributed by atoms with Crippen molar-refractivity contribution in [1.82, 2.24) is 15.6 Å². The van der Waals surface area contributed by atoms with E-state index in [-0.39, 0.29) is 11.8 Å². The zero-order valence-corrected chi connectivity index (χ0v) is 19.5. The van der Waals surface area contributed by atoms with Crippen LogP contribution in [0.5, 0.6) is 5.75 Å². The second-order valence-corrected chi connectivity index (χ2v) is 8.75. The first kappa shape index (κ1) is 22.7. The third kappa shape index (κ3) is 5.05. The molecule has 0 aliphatic carbocycles. The van der Waals surface area contributed by atoms with Crippen LogP contribution >= 0.6 is 0 Å². The molecule has 1 aromatic heterocycles. The number of hydrogen-bond acceptors (Lipinski definition) is 4. The molecule has 0 spiro atoms. The summed E-state index contributed by atoms with van der Waals surface area (Å²) in [5.74, 6) is 0.245. The van der Waals surface area contributed by atoms with Gasteiger partial charge in [-0.3, -0.25) is 9.59 Å². The molecular weight excluding hydrogens is 440 g/mol. The number of ether oxygens (including phenoxy) is 1. The average molecular weight is 469 g/mol. The Hall–Kier alpha value is -4.10. The van der Waals surface area contributed by atoms with Crippen LogP contribution in [0.1, 0.15) is 16.7 Å². The first-order chi connectivity index (χ1) is 17.1. The number of aromatic amines is 1. The largest absolute Gasteiger partial charge is 0.497 e. The Kier molecular flexibility index (Phi) is 6.50. The minimum absolute atomic E-state index is 0.186. The molecule has 7 nitrogen and oxygen atoms in total. The molecule has 0 saturated heterocycles. The Bertz CT molecular complexity index is 1350. The Morgan fingerprint density at radius 2 is 1.74 bits per heavy atom. The van der Waals surface area contributed by atoms with Gasteiger partial charge in [0.05, 0.1) is 13.2 Å². The van der Waals surface area contributed by atoms with Crippen LogP contribution in [0.4, 0.5) is 5.69 Å². The number of anilines is 1. The van der Waals surface area contributed by atoms with Crippen molar-refractivity contribution in [3.05, 3.63) is 95.7 Å². The van der Waals surface area contributed by atoms with E-state index in [0.29, 0.717) is 30.8 Å². The predicted molar refractivity (Wildman–Crippen MR) is 136 cm³/mol. The fourth-order valence-corrected chi connectivity index (χ4v) is 4.55. The average Bonchev–Trinajstić information content (AvgIpc) is 3.31. The van der Waals surface area contributed by atoms with Crippen molar-refractivity contribution < 1.29 is 14.3 Å². The van der Waals surface area contributed by atoms with E-state index in [1.54, 1.807) is 31.4 Å². The Balaban J connectivity index is 1.35. The van der Waals surface area contributed by atoms with Crippen molar-refractivity contribution in [3.8, 4) is 5.75 Å². The van der Waals surface area contributed by atoms with Gasteiger partial charge < -0.3 is 25.7 Å². The highest BCUT2D eigenvalue weighted by molar-refractivity contribution is 5.98. The van der Waals surface area contributed by atoms with E-state index in [1.807, 2.05) is 42.6 Å². The quantitative estimate of drug-likeness (QED) is 0.334. The molecule has 0 fully saturated rings. The molecule has 7 heteroatoms. The van der Waals surface area contributed by atoms with Crippen LogP contribution < -0.4 is 20.7 Å². The van der Waals surface area contributed by atoms with Crippen molar-refractivity contribution in [2.45, 2.75) is 31.5 Å².